The van der Waals surface area contributed by atoms with Crippen LogP contribution in [0.1, 0.15) is 33.6 Å². The second kappa shape index (κ2) is 5.31. The minimum absolute atomic E-state index is 0.154. The summed E-state index contributed by atoms with van der Waals surface area (Å²) >= 11 is 0. The van der Waals surface area contributed by atoms with Crippen molar-refractivity contribution in [2.45, 2.75) is 57.8 Å². The Morgan fingerprint density at radius 3 is 2.59 bits per heavy atom. The van der Waals surface area contributed by atoms with Gasteiger partial charge >= 0.3 is 8.03 Å². The minimum Gasteiger partial charge on any atom is -0.411 e. The molecule has 3 nitrogen and oxygen atoms in total. The third-order valence-corrected chi connectivity index (χ3v) is 8.94. The van der Waals surface area contributed by atoms with Gasteiger partial charge in [-0.05, 0) is 41.1 Å². The first-order valence-corrected chi connectivity index (χ1v) is 10.4. The Kier molecular flexibility index (Phi) is 4.70. The maximum Gasteiger partial charge on any atom is 0.509 e. The van der Waals surface area contributed by atoms with Crippen LogP contribution in [0.2, 0.25) is 18.1 Å². The van der Waals surface area contributed by atoms with E-state index in [1.165, 1.54) is 0 Å². The van der Waals surface area contributed by atoms with Crippen molar-refractivity contribution in [3.63, 3.8) is 0 Å². The molecule has 0 heterocycles. The summed E-state index contributed by atoms with van der Waals surface area (Å²) in [5.41, 5.74) is 1.08. The molecule has 1 N–H and O–H groups in total. The van der Waals surface area contributed by atoms with E-state index < -0.39 is 16.3 Å². The zero-order valence-electron chi connectivity index (χ0n) is 11.5. The largest absolute Gasteiger partial charge is 0.509 e. The van der Waals surface area contributed by atoms with Crippen LogP contribution >= 0.6 is 8.03 Å². The highest BCUT2D eigenvalue weighted by molar-refractivity contribution is 7.38. The van der Waals surface area contributed by atoms with E-state index in [1.54, 1.807) is 0 Å². The Bertz CT molecular complexity index is 331. The fourth-order valence-corrected chi connectivity index (χ4v) is 3.62. The molecule has 0 aromatic rings. The van der Waals surface area contributed by atoms with Crippen LogP contribution in [-0.2, 0) is 8.99 Å². The Hall–Kier alpha value is -0.0231. The lowest BCUT2D eigenvalue weighted by atomic mass is 10.2. The predicted molar refractivity (Wildman–Crippen MR) is 74.1 cm³/mol. The standard InChI is InChI=1S/C12H23O3PSi/c1-12(2,3)17(4,5)15-11-7-6-10(8-11)9-16(13)14/h8,11H,6-7,9H2,1-5H3/p+1. The molecule has 0 amide bonds. The van der Waals surface area contributed by atoms with Crippen molar-refractivity contribution >= 4 is 16.3 Å². The highest BCUT2D eigenvalue weighted by Gasteiger charge is 2.39. The Balaban J connectivity index is 2.61. The molecule has 2 atom stereocenters. The van der Waals surface area contributed by atoms with Gasteiger partial charge in [0.15, 0.2) is 14.5 Å². The van der Waals surface area contributed by atoms with Gasteiger partial charge in [0.2, 0.25) is 0 Å². The van der Waals surface area contributed by atoms with Crippen molar-refractivity contribution in [2.75, 3.05) is 6.16 Å². The molecular formula is C12H24O3PSi+. The van der Waals surface area contributed by atoms with Crippen LogP contribution in [0.15, 0.2) is 11.6 Å². The van der Waals surface area contributed by atoms with E-state index >= 15 is 0 Å². The van der Waals surface area contributed by atoms with Gasteiger partial charge in [0.1, 0.15) is 0 Å². The van der Waals surface area contributed by atoms with Crippen molar-refractivity contribution in [3.8, 4) is 0 Å². The second-order valence-electron chi connectivity index (χ2n) is 6.29. The summed E-state index contributed by atoms with van der Waals surface area (Å²) in [4.78, 5) is 8.90. The fraction of sp³-hybridized carbons (Fsp3) is 0.833. The summed E-state index contributed by atoms with van der Waals surface area (Å²) < 4.78 is 17.0. The molecule has 98 valence electrons. The summed E-state index contributed by atoms with van der Waals surface area (Å²) in [6.45, 7) is 11.2. The molecule has 0 saturated carbocycles. The topological polar surface area (TPSA) is 46.5 Å². The van der Waals surface area contributed by atoms with E-state index in [1.807, 2.05) is 0 Å². The first kappa shape index (κ1) is 15.0. The van der Waals surface area contributed by atoms with Gasteiger partial charge in [-0.2, -0.15) is 4.89 Å². The predicted octanol–water partition coefficient (Wildman–Crippen LogP) is 3.83. The van der Waals surface area contributed by atoms with Crippen LogP contribution in [0.25, 0.3) is 0 Å². The number of hydrogen-bond donors (Lipinski definition) is 1. The van der Waals surface area contributed by atoms with E-state index in [9.17, 15) is 4.57 Å². The highest BCUT2D eigenvalue weighted by Crippen LogP contribution is 2.39. The molecule has 0 radical (unpaired) electrons. The van der Waals surface area contributed by atoms with Crippen LogP contribution in [0, 0.1) is 0 Å². The molecule has 0 saturated heterocycles. The first-order valence-electron chi connectivity index (χ1n) is 6.13. The maximum atomic E-state index is 10.8. The lowest BCUT2D eigenvalue weighted by Gasteiger charge is -2.38. The van der Waals surface area contributed by atoms with Crippen LogP contribution in [0.4, 0.5) is 0 Å². The monoisotopic (exact) mass is 275 g/mol. The van der Waals surface area contributed by atoms with Gasteiger partial charge in [-0.1, -0.05) is 26.8 Å². The minimum atomic E-state index is -2.05. The van der Waals surface area contributed by atoms with E-state index in [0.717, 1.165) is 18.4 Å². The van der Waals surface area contributed by atoms with Crippen LogP contribution in [-0.4, -0.2) is 25.5 Å². The maximum absolute atomic E-state index is 10.8. The molecule has 1 rings (SSSR count). The van der Waals surface area contributed by atoms with E-state index in [0.29, 0.717) is 6.16 Å². The molecule has 0 aliphatic heterocycles. The average molecular weight is 275 g/mol. The molecule has 5 heteroatoms. The molecule has 1 aliphatic carbocycles. The third kappa shape index (κ3) is 4.29. The van der Waals surface area contributed by atoms with Gasteiger partial charge in [0.05, 0.1) is 6.10 Å². The molecule has 1 aliphatic rings. The Morgan fingerprint density at radius 2 is 2.12 bits per heavy atom. The summed E-state index contributed by atoms with van der Waals surface area (Å²) in [5, 5.41) is 0.214. The molecule has 0 spiro atoms. The van der Waals surface area contributed by atoms with Gasteiger partial charge in [-0.3, -0.25) is 0 Å². The smallest absolute Gasteiger partial charge is 0.411 e. The second-order valence-corrected chi connectivity index (χ2v) is 12.1. The van der Waals surface area contributed by atoms with Gasteiger partial charge in [-0.15, -0.1) is 0 Å². The van der Waals surface area contributed by atoms with Crippen LogP contribution in [0.5, 0.6) is 0 Å². The molecule has 0 aromatic heterocycles. The van der Waals surface area contributed by atoms with Crippen molar-refractivity contribution in [2.24, 2.45) is 0 Å². The van der Waals surface area contributed by atoms with Crippen molar-refractivity contribution < 1.29 is 13.9 Å². The Labute approximate surface area is 106 Å². The van der Waals surface area contributed by atoms with E-state index in [-0.39, 0.29) is 11.1 Å². The SMILES string of the molecule is CC(C)(C)[Si](C)(C)OC1C=C(C[P+](=O)O)CC1. The summed E-state index contributed by atoms with van der Waals surface area (Å²) in [6.07, 6.45) is 4.39. The zero-order valence-corrected chi connectivity index (χ0v) is 13.4. The summed E-state index contributed by atoms with van der Waals surface area (Å²) in [7, 11) is -3.77. The highest BCUT2D eigenvalue weighted by atomic mass is 31.1. The number of allylic oxidation sites excluding steroid dienone is 1. The van der Waals surface area contributed by atoms with Crippen molar-refractivity contribution in [1.29, 1.82) is 0 Å². The molecule has 17 heavy (non-hydrogen) atoms. The van der Waals surface area contributed by atoms with Gasteiger partial charge < -0.3 is 4.43 Å². The molecule has 0 aromatic carbocycles. The van der Waals surface area contributed by atoms with E-state index in [4.69, 9.17) is 9.32 Å². The average Bonchev–Trinajstić information content (AvgIpc) is 2.48. The summed E-state index contributed by atoms with van der Waals surface area (Å²) in [5.74, 6) is 0. The van der Waals surface area contributed by atoms with Crippen LogP contribution < -0.4 is 0 Å². The van der Waals surface area contributed by atoms with Crippen LogP contribution in [0.3, 0.4) is 0 Å². The normalized spacial score (nSPS) is 22.6. The van der Waals surface area contributed by atoms with E-state index in [2.05, 4.69) is 39.9 Å². The van der Waals surface area contributed by atoms with Gasteiger partial charge in [-0.25, -0.2) is 0 Å². The van der Waals surface area contributed by atoms with Gasteiger partial charge in [0.25, 0.3) is 0 Å². The lowest BCUT2D eigenvalue weighted by molar-refractivity contribution is 0.224. The fourth-order valence-electron chi connectivity index (χ4n) is 1.71. The summed E-state index contributed by atoms with van der Waals surface area (Å²) in [6, 6.07) is 0. The zero-order chi connectivity index (χ0) is 13.3. The molecular weight excluding hydrogens is 251 g/mol. The van der Waals surface area contributed by atoms with Crippen molar-refractivity contribution in [3.05, 3.63) is 11.6 Å². The Morgan fingerprint density at radius 1 is 1.53 bits per heavy atom. The quantitative estimate of drug-likeness (QED) is 0.482. The molecule has 0 bridgehead atoms. The third-order valence-electron chi connectivity index (χ3n) is 3.76. The van der Waals surface area contributed by atoms with Gasteiger partial charge in [0, 0.05) is 0 Å². The number of hydrogen-bond acceptors (Lipinski definition) is 2. The number of rotatable bonds is 4. The lowest BCUT2D eigenvalue weighted by Crippen LogP contribution is -2.43. The molecule has 2 unspecified atom stereocenters. The molecule has 0 fully saturated rings. The first-order chi connectivity index (χ1) is 7.62. The van der Waals surface area contributed by atoms with Crippen molar-refractivity contribution in [1.82, 2.24) is 0 Å².